The maximum atomic E-state index is 13.0. The van der Waals surface area contributed by atoms with Crippen LogP contribution in [0.3, 0.4) is 0 Å². The Balaban J connectivity index is 1.43. The van der Waals surface area contributed by atoms with Crippen LogP contribution in [0.2, 0.25) is 0 Å². The van der Waals surface area contributed by atoms with Crippen molar-refractivity contribution in [2.24, 2.45) is 5.92 Å². The monoisotopic (exact) mass is 516 g/mol. The average Bonchev–Trinajstić information content (AvgIpc) is 3.20. The minimum Gasteiger partial charge on any atom is -0.450 e. The minimum atomic E-state index is -3.76. The Hall–Kier alpha value is -2.94. The fourth-order valence-electron chi connectivity index (χ4n) is 4.39. The summed E-state index contributed by atoms with van der Waals surface area (Å²) in [6.45, 7) is 5.02. The number of rotatable bonds is 5. The van der Waals surface area contributed by atoms with E-state index in [9.17, 15) is 23.3 Å². The van der Waals surface area contributed by atoms with Crippen LogP contribution in [0.5, 0.6) is 0 Å². The van der Waals surface area contributed by atoms with Gasteiger partial charge in [-0.15, -0.1) is 11.3 Å². The van der Waals surface area contributed by atoms with Crippen molar-refractivity contribution in [3.05, 3.63) is 45.8 Å². The molecule has 1 aromatic heterocycles. The van der Waals surface area contributed by atoms with E-state index in [1.807, 2.05) is 0 Å². The van der Waals surface area contributed by atoms with Crippen LogP contribution in [-0.2, 0) is 27.6 Å². The van der Waals surface area contributed by atoms with Gasteiger partial charge in [0.1, 0.15) is 11.1 Å². The van der Waals surface area contributed by atoms with Gasteiger partial charge in [0.15, 0.2) is 0 Å². The van der Waals surface area contributed by atoms with Gasteiger partial charge in [0.25, 0.3) is 5.91 Å². The molecule has 0 unspecified atom stereocenters. The Bertz CT molecular complexity index is 1260. The molecule has 11 heteroatoms. The van der Waals surface area contributed by atoms with Crippen molar-refractivity contribution < 1.29 is 22.7 Å². The summed E-state index contributed by atoms with van der Waals surface area (Å²) in [4.78, 5) is 27.4. The first kappa shape index (κ1) is 25.2. The smallest absolute Gasteiger partial charge is 0.409 e. The van der Waals surface area contributed by atoms with Gasteiger partial charge in [0, 0.05) is 36.6 Å². The lowest BCUT2D eigenvalue weighted by Gasteiger charge is -2.33. The number of anilines is 1. The second-order valence-electron chi connectivity index (χ2n) is 8.74. The number of amides is 2. The highest BCUT2D eigenvalue weighted by atomic mass is 32.2. The zero-order chi connectivity index (χ0) is 25.2. The van der Waals surface area contributed by atoms with Crippen molar-refractivity contribution >= 4 is 38.4 Å². The maximum Gasteiger partial charge on any atom is 0.409 e. The fraction of sp³-hybridized carbons (Fsp3) is 0.458. The molecule has 2 heterocycles. The average molecular weight is 517 g/mol. The van der Waals surface area contributed by atoms with Gasteiger partial charge in [-0.3, -0.25) is 4.79 Å². The van der Waals surface area contributed by atoms with Gasteiger partial charge in [-0.1, -0.05) is 6.92 Å². The number of fused-ring (bicyclic) bond motifs is 1. The first-order valence-corrected chi connectivity index (χ1v) is 13.9. The molecule has 2 amide bonds. The molecule has 0 bridgehead atoms. The molecule has 1 atom stereocenters. The molecule has 1 saturated heterocycles. The van der Waals surface area contributed by atoms with Gasteiger partial charge >= 0.3 is 6.09 Å². The van der Waals surface area contributed by atoms with Gasteiger partial charge in [-0.25, -0.2) is 13.2 Å². The van der Waals surface area contributed by atoms with Gasteiger partial charge in [0.2, 0.25) is 10.0 Å². The number of benzene rings is 1. The minimum absolute atomic E-state index is 0.0805. The third kappa shape index (κ3) is 5.19. The van der Waals surface area contributed by atoms with Crippen LogP contribution in [0.1, 0.15) is 46.6 Å². The second-order valence-corrected chi connectivity index (χ2v) is 11.8. The van der Waals surface area contributed by atoms with Crippen LogP contribution in [0.15, 0.2) is 29.2 Å². The number of hydrogen-bond donors (Lipinski definition) is 1. The van der Waals surface area contributed by atoms with E-state index in [1.165, 1.54) is 44.8 Å². The Labute approximate surface area is 209 Å². The van der Waals surface area contributed by atoms with Gasteiger partial charge in [-0.05, 0) is 61.9 Å². The highest BCUT2D eigenvalue weighted by molar-refractivity contribution is 7.89. The summed E-state index contributed by atoms with van der Waals surface area (Å²) in [6, 6.07) is 8.00. The predicted octanol–water partition coefficient (Wildman–Crippen LogP) is 3.46. The molecule has 186 valence electrons. The molecule has 1 fully saturated rings. The third-order valence-corrected chi connectivity index (χ3v) is 9.45. The highest BCUT2D eigenvalue weighted by Gasteiger charge is 2.31. The molecular formula is C24H28N4O5S2. The molecule has 0 spiro atoms. The van der Waals surface area contributed by atoms with Crippen LogP contribution in [0.25, 0.3) is 0 Å². The lowest BCUT2D eigenvalue weighted by molar-refractivity contribution is 0.0933. The Morgan fingerprint density at radius 2 is 1.89 bits per heavy atom. The van der Waals surface area contributed by atoms with Gasteiger partial charge < -0.3 is 15.0 Å². The number of thiophene rings is 1. The van der Waals surface area contributed by atoms with Crippen LogP contribution >= 0.6 is 11.3 Å². The quantitative estimate of drug-likeness (QED) is 0.650. The van der Waals surface area contributed by atoms with E-state index in [-0.39, 0.29) is 43.6 Å². The summed E-state index contributed by atoms with van der Waals surface area (Å²) in [6.07, 6.45) is 2.33. The number of carbonyl (C=O) groups is 2. The van der Waals surface area contributed by atoms with Crippen LogP contribution in [0.4, 0.5) is 9.80 Å². The third-order valence-electron chi connectivity index (χ3n) is 6.37. The van der Waals surface area contributed by atoms with Crippen LogP contribution in [0, 0.1) is 17.2 Å². The molecule has 2 aliphatic rings. The predicted molar refractivity (Wildman–Crippen MR) is 132 cm³/mol. The van der Waals surface area contributed by atoms with E-state index in [1.54, 1.807) is 6.92 Å². The Morgan fingerprint density at radius 1 is 1.20 bits per heavy atom. The van der Waals surface area contributed by atoms with E-state index >= 15 is 0 Å². The second kappa shape index (κ2) is 10.4. The molecule has 1 aromatic carbocycles. The summed E-state index contributed by atoms with van der Waals surface area (Å²) in [5, 5.41) is 13.0. The van der Waals surface area contributed by atoms with Crippen molar-refractivity contribution in [1.82, 2.24) is 9.21 Å². The molecular weight excluding hydrogens is 488 g/mol. The lowest BCUT2D eigenvalue weighted by Crippen LogP contribution is -2.50. The number of sulfonamides is 1. The van der Waals surface area contributed by atoms with Gasteiger partial charge in [0.05, 0.1) is 17.1 Å². The van der Waals surface area contributed by atoms with E-state index in [4.69, 9.17) is 4.74 Å². The Morgan fingerprint density at radius 3 is 2.51 bits per heavy atom. The van der Waals surface area contributed by atoms with E-state index in [0.29, 0.717) is 22.0 Å². The van der Waals surface area contributed by atoms with Crippen molar-refractivity contribution in [1.29, 1.82) is 5.26 Å². The first-order chi connectivity index (χ1) is 16.7. The number of hydrogen-bond acceptors (Lipinski definition) is 7. The summed E-state index contributed by atoms with van der Waals surface area (Å²) in [7, 11) is -3.76. The summed E-state index contributed by atoms with van der Waals surface area (Å²) in [5.74, 6) is 0.166. The Kier molecular flexibility index (Phi) is 7.44. The van der Waals surface area contributed by atoms with Gasteiger partial charge in [-0.2, -0.15) is 9.57 Å². The van der Waals surface area contributed by atoms with Crippen molar-refractivity contribution in [3.63, 3.8) is 0 Å². The molecule has 1 aliphatic carbocycles. The molecule has 4 rings (SSSR count). The number of ether oxygens (including phenoxy) is 1. The van der Waals surface area contributed by atoms with E-state index < -0.39 is 16.1 Å². The number of nitriles is 1. The normalized spacial score (nSPS) is 18.4. The maximum absolute atomic E-state index is 13.0. The van der Waals surface area contributed by atoms with Crippen molar-refractivity contribution in [3.8, 4) is 6.07 Å². The highest BCUT2D eigenvalue weighted by Crippen LogP contribution is 2.39. The molecule has 1 aliphatic heterocycles. The number of carbonyl (C=O) groups excluding carboxylic acids is 2. The standard InChI is InChI=1S/C24H28N4O5S2/c1-3-33-24(30)27-10-12-28(13-11-27)35(31,32)18-7-5-17(6-8-18)22(29)26-23-20(15-25)19-9-4-16(2)14-21(19)34-23/h5-8,16H,3-4,9-14H2,1-2H3,(H,26,29)/t16-/m1/s1. The summed E-state index contributed by atoms with van der Waals surface area (Å²) in [5.41, 5.74) is 1.88. The number of nitrogens with one attached hydrogen (secondary N) is 1. The van der Waals surface area contributed by atoms with Crippen molar-refractivity contribution in [2.45, 2.75) is 38.0 Å². The fourth-order valence-corrected chi connectivity index (χ4v) is 7.16. The van der Waals surface area contributed by atoms with Crippen molar-refractivity contribution in [2.75, 3.05) is 38.1 Å². The molecule has 0 saturated carbocycles. The molecule has 0 radical (unpaired) electrons. The largest absolute Gasteiger partial charge is 0.450 e. The first-order valence-electron chi connectivity index (χ1n) is 11.6. The van der Waals surface area contributed by atoms with Crippen LogP contribution in [-0.4, -0.2) is 62.4 Å². The zero-order valence-electron chi connectivity index (χ0n) is 19.7. The topological polar surface area (TPSA) is 120 Å². The molecule has 9 nitrogen and oxygen atoms in total. The van der Waals surface area contributed by atoms with E-state index in [2.05, 4.69) is 18.3 Å². The van der Waals surface area contributed by atoms with Crippen LogP contribution < -0.4 is 5.32 Å². The summed E-state index contributed by atoms with van der Waals surface area (Å²) >= 11 is 1.45. The molecule has 2 aromatic rings. The molecule has 1 N–H and O–H groups in total. The number of piperazine rings is 1. The zero-order valence-corrected chi connectivity index (χ0v) is 21.4. The lowest BCUT2D eigenvalue weighted by atomic mass is 9.88. The van der Waals surface area contributed by atoms with E-state index in [0.717, 1.165) is 29.7 Å². The molecule has 35 heavy (non-hydrogen) atoms. The SMILES string of the molecule is CCOC(=O)N1CCN(S(=O)(=O)c2ccc(C(=O)Nc3sc4c(c3C#N)CC[C@@H](C)C4)cc2)CC1. The number of nitrogens with zero attached hydrogens (tertiary/aromatic N) is 3. The summed E-state index contributed by atoms with van der Waals surface area (Å²) < 4.78 is 32.4.